The van der Waals surface area contributed by atoms with Crippen LogP contribution in [0.5, 0.6) is 0 Å². The first-order chi connectivity index (χ1) is 10.9. The van der Waals surface area contributed by atoms with Crippen LogP contribution in [-0.2, 0) is 9.59 Å². The van der Waals surface area contributed by atoms with Crippen molar-refractivity contribution < 1.29 is 18.4 Å². The summed E-state index contributed by atoms with van der Waals surface area (Å²) in [5.41, 5.74) is 0.657. The molecule has 132 valence electrons. The van der Waals surface area contributed by atoms with Crippen LogP contribution >= 0.6 is 24.0 Å². The second-order valence-electron chi connectivity index (χ2n) is 5.81. The minimum Gasteiger partial charge on any atom is -0.343 e. The summed E-state index contributed by atoms with van der Waals surface area (Å²) in [6, 6.07) is 5.21. The average Bonchev–Trinajstić information content (AvgIpc) is 3.02. The monoisotopic (exact) mass is 379 g/mol. The van der Waals surface area contributed by atoms with E-state index in [1.54, 1.807) is 24.3 Å². The summed E-state index contributed by atoms with van der Waals surface area (Å²) in [6.07, 6.45) is -0.113. The van der Waals surface area contributed by atoms with Crippen molar-refractivity contribution >= 4 is 41.5 Å². The maximum atomic E-state index is 13.1. The van der Waals surface area contributed by atoms with Gasteiger partial charge in [-0.3, -0.25) is 14.9 Å². The standard InChI is InChI=1S/C15H16ClF2N3O2.ClH/c16-9-2-1-3-10(6-9)21-5-4-11(14(21)23)20-13(22)12-7-15(17,18)8-19-12;/h1-3,6,11-12,19H,4-5,7-8H2,(H,20,22);1H. The smallest absolute Gasteiger partial charge is 0.262 e. The molecule has 0 radical (unpaired) electrons. The predicted molar refractivity (Wildman–Crippen MR) is 89.0 cm³/mol. The highest BCUT2D eigenvalue weighted by molar-refractivity contribution is 6.31. The van der Waals surface area contributed by atoms with E-state index in [2.05, 4.69) is 10.6 Å². The lowest BCUT2D eigenvalue weighted by Gasteiger charge is -2.18. The molecule has 1 aromatic carbocycles. The number of carbonyl (C=O) groups excluding carboxylic acids is 2. The fraction of sp³-hybridized carbons (Fsp3) is 0.467. The molecule has 2 unspecified atom stereocenters. The molecule has 2 fully saturated rings. The number of hydrogen-bond donors (Lipinski definition) is 2. The molecule has 0 aliphatic carbocycles. The van der Waals surface area contributed by atoms with Gasteiger partial charge in [-0.15, -0.1) is 12.4 Å². The summed E-state index contributed by atoms with van der Waals surface area (Å²) in [4.78, 5) is 26.0. The maximum absolute atomic E-state index is 13.1. The summed E-state index contributed by atoms with van der Waals surface area (Å²) >= 11 is 5.92. The average molecular weight is 380 g/mol. The number of rotatable bonds is 3. The molecule has 24 heavy (non-hydrogen) atoms. The molecule has 2 aliphatic rings. The molecular weight excluding hydrogens is 363 g/mol. The molecule has 2 saturated heterocycles. The van der Waals surface area contributed by atoms with Crippen LogP contribution < -0.4 is 15.5 Å². The Morgan fingerprint density at radius 2 is 2.17 bits per heavy atom. The Labute approximate surface area is 149 Å². The molecule has 2 heterocycles. The maximum Gasteiger partial charge on any atom is 0.262 e. The third-order valence-electron chi connectivity index (χ3n) is 4.07. The van der Waals surface area contributed by atoms with E-state index < -0.39 is 36.9 Å². The van der Waals surface area contributed by atoms with Crippen molar-refractivity contribution in [1.82, 2.24) is 10.6 Å². The third kappa shape index (κ3) is 3.96. The number of alkyl halides is 2. The summed E-state index contributed by atoms with van der Waals surface area (Å²) in [6.45, 7) is -0.0727. The van der Waals surface area contributed by atoms with Gasteiger partial charge in [0.15, 0.2) is 0 Å². The van der Waals surface area contributed by atoms with Crippen LogP contribution in [0.15, 0.2) is 24.3 Å². The first-order valence-electron chi connectivity index (χ1n) is 7.34. The van der Waals surface area contributed by atoms with Gasteiger partial charge in [-0.1, -0.05) is 17.7 Å². The van der Waals surface area contributed by atoms with E-state index >= 15 is 0 Å². The number of benzene rings is 1. The second-order valence-corrected chi connectivity index (χ2v) is 6.25. The number of nitrogens with zero attached hydrogens (tertiary/aromatic N) is 1. The van der Waals surface area contributed by atoms with Gasteiger partial charge >= 0.3 is 0 Å². The van der Waals surface area contributed by atoms with Gasteiger partial charge in [0.1, 0.15) is 6.04 Å². The zero-order chi connectivity index (χ0) is 16.6. The van der Waals surface area contributed by atoms with Crippen molar-refractivity contribution in [3.05, 3.63) is 29.3 Å². The largest absolute Gasteiger partial charge is 0.343 e. The Hall–Kier alpha value is -1.44. The van der Waals surface area contributed by atoms with E-state index in [1.165, 1.54) is 4.90 Å². The molecule has 9 heteroatoms. The lowest BCUT2D eigenvalue weighted by atomic mass is 10.1. The Balaban J connectivity index is 0.00000208. The van der Waals surface area contributed by atoms with Crippen molar-refractivity contribution in [1.29, 1.82) is 0 Å². The number of nitrogens with one attached hydrogen (secondary N) is 2. The van der Waals surface area contributed by atoms with Gasteiger partial charge in [-0.05, 0) is 24.6 Å². The molecule has 3 rings (SSSR count). The van der Waals surface area contributed by atoms with E-state index in [0.717, 1.165) is 0 Å². The van der Waals surface area contributed by atoms with Crippen LogP contribution in [0.25, 0.3) is 0 Å². The molecule has 5 nitrogen and oxygen atoms in total. The number of anilines is 1. The summed E-state index contributed by atoms with van der Waals surface area (Å²) in [5.74, 6) is -3.70. The Morgan fingerprint density at radius 3 is 2.79 bits per heavy atom. The predicted octanol–water partition coefficient (Wildman–Crippen LogP) is 1.98. The van der Waals surface area contributed by atoms with Crippen molar-refractivity contribution in [2.75, 3.05) is 18.0 Å². The summed E-state index contributed by atoms with van der Waals surface area (Å²) in [7, 11) is 0. The van der Waals surface area contributed by atoms with Gasteiger partial charge in [0.05, 0.1) is 12.6 Å². The van der Waals surface area contributed by atoms with E-state index in [9.17, 15) is 18.4 Å². The Morgan fingerprint density at radius 1 is 1.42 bits per heavy atom. The van der Waals surface area contributed by atoms with Crippen LogP contribution in [-0.4, -0.2) is 42.9 Å². The summed E-state index contributed by atoms with van der Waals surface area (Å²) in [5, 5.41) is 5.56. The highest BCUT2D eigenvalue weighted by atomic mass is 35.5. The first-order valence-corrected chi connectivity index (χ1v) is 7.72. The van der Waals surface area contributed by atoms with E-state index in [4.69, 9.17) is 11.6 Å². The lowest BCUT2D eigenvalue weighted by Crippen LogP contribution is -2.48. The van der Waals surface area contributed by atoms with Gasteiger partial charge in [-0.2, -0.15) is 0 Å². The molecule has 0 saturated carbocycles. The molecule has 2 amide bonds. The van der Waals surface area contributed by atoms with Crippen LogP contribution in [0.4, 0.5) is 14.5 Å². The van der Waals surface area contributed by atoms with Crippen LogP contribution in [0.1, 0.15) is 12.8 Å². The van der Waals surface area contributed by atoms with Crippen molar-refractivity contribution in [3.63, 3.8) is 0 Å². The minimum absolute atomic E-state index is 0. The molecule has 2 atom stereocenters. The zero-order valence-corrected chi connectivity index (χ0v) is 14.2. The van der Waals surface area contributed by atoms with Crippen molar-refractivity contribution in [2.24, 2.45) is 0 Å². The number of carbonyl (C=O) groups is 2. The SMILES string of the molecule is Cl.O=C(NC1CCN(c2cccc(Cl)c2)C1=O)C1CC(F)(F)CN1. The van der Waals surface area contributed by atoms with Gasteiger partial charge in [0, 0.05) is 23.7 Å². The van der Waals surface area contributed by atoms with Crippen LogP contribution in [0.3, 0.4) is 0 Å². The molecule has 0 bridgehead atoms. The van der Waals surface area contributed by atoms with Crippen LogP contribution in [0.2, 0.25) is 5.02 Å². The lowest BCUT2D eigenvalue weighted by molar-refractivity contribution is -0.127. The number of halogens is 4. The third-order valence-corrected chi connectivity index (χ3v) is 4.30. The molecule has 0 spiro atoms. The quantitative estimate of drug-likeness (QED) is 0.843. The van der Waals surface area contributed by atoms with Gasteiger partial charge in [-0.25, -0.2) is 8.78 Å². The van der Waals surface area contributed by atoms with E-state index in [1.807, 2.05) is 0 Å². The molecular formula is C15H17Cl2F2N3O2. The molecule has 0 aromatic heterocycles. The Bertz CT molecular complexity index is 645. The number of hydrogen-bond acceptors (Lipinski definition) is 3. The topological polar surface area (TPSA) is 61.4 Å². The highest BCUT2D eigenvalue weighted by Gasteiger charge is 2.43. The fourth-order valence-corrected chi connectivity index (χ4v) is 3.07. The van der Waals surface area contributed by atoms with Gasteiger partial charge < -0.3 is 10.2 Å². The first kappa shape index (κ1) is 18.9. The second kappa shape index (κ2) is 7.21. The van der Waals surface area contributed by atoms with Crippen LogP contribution in [0, 0.1) is 0 Å². The minimum atomic E-state index is -2.88. The van der Waals surface area contributed by atoms with E-state index in [0.29, 0.717) is 23.7 Å². The zero-order valence-electron chi connectivity index (χ0n) is 12.6. The normalized spacial score (nSPS) is 25.5. The molecule has 2 aliphatic heterocycles. The molecule has 1 aromatic rings. The van der Waals surface area contributed by atoms with E-state index in [-0.39, 0.29) is 18.3 Å². The fourth-order valence-electron chi connectivity index (χ4n) is 2.89. The van der Waals surface area contributed by atoms with Gasteiger partial charge in [0.25, 0.3) is 5.92 Å². The van der Waals surface area contributed by atoms with Crippen molar-refractivity contribution in [2.45, 2.75) is 30.8 Å². The van der Waals surface area contributed by atoms with Gasteiger partial charge in [0.2, 0.25) is 11.8 Å². The van der Waals surface area contributed by atoms with Crippen molar-refractivity contribution in [3.8, 4) is 0 Å². The Kier molecular flexibility index (Phi) is 5.67. The summed E-state index contributed by atoms with van der Waals surface area (Å²) < 4.78 is 26.3. The number of amides is 2. The highest BCUT2D eigenvalue weighted by Crippen LogP contribution is 2.27. The molecule has 2 N–H and O–H groups in total.